The highest BCUT2D eigenvalue weighted by Gasteiger charge is 2.19. The van der Waals surface area contributed by atoms with Crippen LogP contribution in [0.1, 0.15) is 25.5 Å². The van der Waals surface area contributed by atoms with Crippen LogP contribution < -0.4 is 15.4 Å². The van der Waals surface area contributed by atoms with E-state index in [0.29, 0.717) is 6.04 Å². The van der Waals surface area contributed by atoms with Gasteiger partial charge in [0.05, 0.1) is 19.7 Å². The summed E-state index contributed by atoms with van der Waals surface area (Å²) in [7, 11) is 1.71. The van der Waals surface area contributed by atoms with E-state index in [-0.39, 0.29) is 24.0 Å². The summed E-state index contributed by atoms with van der Waals surface area (Å²) in [5.41, 5.74) is 1.27. The third kappa shape index (κ3) is 5.01. The normalized spacial score (nSPS) is 14.8. The van der Waals surface area contributed by atoms with Gasteiger partial charge in [0.25, 0.3) is 0 Å². The number of nitrogens with one attached hydrogen (secondary N) is 2. The maximum absolute atomic E-state index is 5.35. The van der Waals surface area contributed by atoms with Crippen LogP contribution in [-0.2, 0) is 0 Å². The summed E-state index contributed by atoms with van der Waals surface area (Å²) >= 11 is 0. The van der Waals surface area contributed by atoms with Crippen LogP contribution in [0.15, 0.2) is 29.3 Å². The topological polar surface area (TPSA) is 48.9 Å². The lowest BCUT2D eigenvalue weighted by Crippen LogP contribution is -2.41. The average Bonchev–Trinajstić information content (AvgIpc) is 3.05. The molecule has 5 nitrogen and oxygen atoms in total. The van der Waals surface area contributed by atoms with E-state index in [1.807, 2.05) is 6.07 Å². The molecule has 1 unspecified atom stereocenters. The second kappa shape index (κ2) is 9.89. The SMILES string of the molecule is CCN(CC)C(CNC1=NCCN1)c1cccc(OC)c1.I. The van der Waals surface area contributed by atoms with E-state index in [2.05, 4.69) is 52.6 Å². The Labute approximate surface area is 150 Å². The van der Waals surface area contributed by atoms with Crippen molar-refractivity contribution in [2.45, 2.75) is 19.9 Å². The van der Waals surface area contributed by atoms with Crippen LogP contribution in [0.2, 0.25) is 0 Å². The largest absolute Gasteiger partial charge is 0.497 e. The van der Waals surface area contributed by atoms with E-state index < -0.39 is 0 Å². The molecule has 0 fully saturated rings. The summed E-state index contributed by atoms with van der Waals surface area (Å²) in [4.78, 5) is 6.84. The van der Waals surface area contributed by atoms with Crippen LogP contribution in [0.5, 0.6) is 5.75 Å². The number of aliphatic imine (C=N–C) groups is 1. The van der Waals surface area contributed by atoms with Gasteiger partial charge in [-0.2, -0.15) is 0 Å². The minimum Gasteiger partial charge on any atom is -0.497 e. The molecule has 22 heavy (non-hydrogen) atoms. The highest BCUT2D eigenvalue weighted by atomic mass is 127. The van der Waals surface area contributed by atoms with Gasteiger partial charge in [0.1, 0.15) is 5.75 Å². The number of benzene rings is 1. The molecule has 1 heterocycles. The van der Waals surface area contributed by atoms with Crippen LogP contribution in [-0.4, -0.2) is 50.7 Å². The fraction of sp³-hybridized carbons (Fsp3) is 0.562. The first-order chi connectivity index (χ1) is 10.3. The molecule has 1 atom stereocenters. The predicted molar refractivity (Wildman–Crippen MR) is 102 cm³/mol. The number of hydrogen-bond donors (Lipinski definition) is 2. The molecular weight excluding hydrogens is 391 g/mol. The second-order valence-corrected chi connectivity index (χ2v) is 5.05. The fourth-order valence-corrected chi connectivity index (χ4v) is 2.68. The Morgan fingerprint density at radius 3 is 2.73 bits per heavy atom. The lowest BCUT2D eigenvalue weighted by Gasteiger charge is -2.30. The molecule has 1 aromatic carbocycles. The third-order valence-corrected chi connectivity index (χ3v) is 3.87. The van der Waals surface area contributed by atoms with Gasteiger partial charge >= 0.3 is 0 Å². The van der Waals surface area contributed by atoms with Crippen molar-refractivity contribution < 1.29 is 4.74 Å². The van der Waals surface area contributed by atoms with E-state index in [1.165, 1.54) is 5.56 Å². The molecule has 0 aliphatic carbocycles. The Morgan fingerprint density at radius 2 is 2.14 bits per heavy atom. The van der Waals surface area contributed by atoms with Crippen molar-refractivity contribution in [2.75, 3.05) is 39.8 Å². The van der Waals surface area contributed by atoms with E-state index in [1.54, 1.807) is 7.11 Å². The number of rotatable bonds is 7. The zero-order valence-electron chi connectivity index (χ0n) is 13.6. The van der Waals surface area contributed by atoms with Crippen molar-refractivity contribution >= 4 is 29.9 Å². The van der Waals surface area contributed by atoms with Crippen LogP contribution in [0.4, 0.5) is 0 Å². The number of ether oxygens (including phenoxy) is 1. The monoisotopic (exact) mass is 418 g/mol. The number of nitrogens with zero attached hydrogens (tertiary/aromatic N) is 2. The molecule has 2 N–H and O–H groups in total. The lowest BCUT2D eigenvalue weighted by molar-refractivity contribution is 0.218. The second-order valence-electron chi connectivity index (χ2n) is 5.05. The van der Waals surface area contributed by atoms with Gasteiger partial charge in [-0.3, -0.25) is 9.89 Å². The van der Waals surface area contributed by atoms with Crippen LogP contribution in [0.3, 0.4) is 0 Å². The Hall–Kier alpha value is -1.02. The molecule has 6 heteroatoms. The molecule has 1 aliphatic heterocycles. The first-order valence-electron chi connectivity index (χ1n) is 7.68. The molecule has 0 saturated carbocycles. The summed E-state index contributed by atoms with van der Waals surface area (Å²) in [6.07, 6.45) is 0. The molecule has 1 aromatic rings. The van der Waals surface area contributed by atoms with Gasteiger partial charge in [-0.1, -0.05) is 26.0 Å². The number of methoxy groups -OCH3 is 1. The van der Waals surface area contributed by atoms with Crippen molar-refractivity contribution in [3.05, 3.63) is 29.8 Å². The maximum Gasteiger partial charge on any atom is 0.191 e. The summed E-state index contributed by atoms with van der Waals surface area (Å²) in [6.45, 7) is 9.04. The van der Waals surface area contributed by atoms with Gasteiger partial charge in [0, 0.05) is 13.1 Å². The van der Waals surface area contributed by atoms with Gasteiger partial charge in [-0.05, 0) is 30.8 Å². The Bertz CT molecular complexity index is 477. The maximum atomic E-state index is 5.35. The smallest absolute Gasteiger partial charge is 0.191 e. The van der Waals surface area contributed by atoms with Crippen molar-refractivity contribution in [3.8, 4) is 5.75 Å². The first-order valence-corrected chi connectivity index (χ1v) is 7.68. The molecule has 0 saturated heterocycles. The van der Waals surface area contributed by atoms with E-state index in [9.17, 15) is 0 Å². The Morgan fingerprint density at radius 1 is 1.36 bits per heavy atom. The third-order valence-electron chi connectivity index (χ3n) is 3.87. The van der Waals surface area contributed by atoms with Crippen molar-refractivity contribution in [1.82, 2.24) is 15.5 Å². The Balaban J connectivity index is 0.00000242. The summed E-state index contributed by atoms with van der Waals surface area (Å²) in [5.74, 6) is 1.82. The van der Waals surface area contributed by atoms with Crippen molar-refractivity contribution in [2.24, 2.45) is 4.99 Å². The molecule has 0 spiro atoms. The molecule has 124 valence electrons. The quantitative estimate of drug-likeness (QED) is 0.667. The number of hydrogen-bond acceptors (Lipinski definition) is 5. The van der Waals surface area contributed by atoms with Gasteiger partial charge < -0.3 is 15.4 Å². The molecule has 1 aliphatic rings. The molecule has 0 radical (unpaired) electrons. The Kier molecular flexibility index (Phi) is 8.55. The molecular formula is C16H27IN4O. The highest BCUT2D eigenvalue weighted by molar-refractivity contribution is 14.0. The predicted octanol–water partition coefficient (Wildman–Crippen LogP) is 2.24. The number of halogens is 1. The van der Waals surface area contributed by atoms with E-state index in [0.717, 1.165) is 44.4 Å². The summed E-state index contributed by atoms with van der Waals surface area (Å²) in [6, 6.07) is 8.63. The van der Waals surface area contributed by atoms with Crippen LogP contribution in [0, 0.1) is 0 Å². The fourth-order valence-electron chi connectivity index (χ4n) is 2.68. The molecule has 0 aromatic heterocycles. The van der Waals surface area contributed by atoms with E-state index >= 15 is 0 Å². The van der Waals surface area contributed by atoms with Gasteiger partial charge in [0.2, 0.25) is 0 Å². The lowest BCUT2D eigenvalue weighted by atomic mass is 10.0. The molecule has 2 rings (SSSR count). The summed E-state index contributed by atoms with van der Waals surface area (Å²) in [5, 5.41) is 6.68. The summed E-state index contributed by atoms with van der Waals surface area (Å²) < 4.78 is 5.35. The van der Waals surface area contributed by atoms with Crippen molar-refractivity contribution in [1.29, 1.82) is 0 Å². The number of likely N-dealkylation sites (N-methyl/N-ethyl adjacent to an activating group) is 1. The number of guanidine groups is 1. The first kappa shape index (κ1) is 19.0. The standard InChI is InChI=1S/C16H26N4O.HI/c1-4-20(5-2)15(12-19-16-17-9-10-18-16)13-7-6-8-14(11-13)21-3;/h6-8,11,15H,4-5,9-10,12H2,1-3H3,(H2,17,18,19);1H. The van der Waals surface area contributed by atoms with Crippen molar-refractivity contribution in [3.63, 3.8) is 0 Å². The molecule has 0 amide bonds. The van der Waals surface area contributed by atoms with E-state index in [4.69, 9.17) is 4.74 Å². The molecule has 0 bridgehead atoms. The minimum absolute atomic E-state index is 0. The zero-order chi connectivity index (χ0) is 15.1. The van der Waals surface area contributed by atoms with Gasteiger partial charge in [-0.25, -0.2) is 0 Å². The zero-order valence-corrected chi connectivity index (χ0v) is 16.0. The highest BCUT2D eigenvalue weighted by Crippen LogP contribution is 2.23. The van der Waals surface area contributed by atoms with Crippen LogP contribution in [0.25, 0.3) is 0 Å². The van der Waals surface area contributed by atoms with Gasteiger partial charge in [0.15, 0.2) is 5.96 Å². The minimum atomic E-state index is 0. The van der Waals surface area contributed by atoms with Gasteiger partial charge in [-0.15, -0.1) is 24.0 Å². The average molecular weight is 418 g/mol. The van der Waals surface area contributed by atoms with Crippen LogP contribution >= 0.6 is 24.0 Å².